The third kappa shape index (κ3) is 5.07. The first-order valence-corrected chi connectivity index (χ1v) is 11.2. The van der Waals surface area contributed by atoms with E-state index in [1.807, 2.05) is 17.0 Å². The lowest BCUT2D eigenvalue weighted by Crippen LogP contribution is -2.54. The molecule has 32 heavy (non-hydrogen) atoms. The number of rotatable bonds is 6. The van der Waals surface area contributed by atoms with Crippen LogP contribution in [-0.4, -0.2) is 69.9 Å². The Morgan fingerprint density at radius 3 is 2.78 bits per heavy atom. The van der Waals surface area contributed by atoms with E-state index in [1.54, 1.807) is 43.6 Å². The van der Waals surface area contributed by atoms with Gasteiger partial charge in [0.05, 0.1) is 36.4 Å². The van der Waals surface area contributed by atoms with Crippen molar-refractivity contribution in [3.8, 4) is 5.88 Å². The van der Waals surface area contributed by atoms with Crippen LogP contribution < -0.4 is 10.1 Å². The number of pyridine rings is 2. The topological polar surface area (TPSA) is 108 Å². The van der Waals surface area contributed by atoms with Gasteiger partial charge in [-0.1, -0.05) is 15.9 Å². The van der Waals surface area contributed by atoms with E-state index in [0.29, 0.717) is 54.1 Å². The zero-order valence-corrected chi connectivity index (χ0v) is 19.2. The van der Waals surface area contributed by atoms with Crippen LogP contribution in [0.1, 0.15) is 28.4 Å². The van der Waals surface area contributed by atoms with Gasteiger partial charge in [0.15, 0.2) is 0 Å². The largest absolute Gasteiger partial charge is 0.481 e. The molecule has 0 unspecified atom stereocenters. The molecule has 3 atom stereocenters. The number of aromatic nitrogens is 2. The SMILES string of the molecule is COc1ccc2nccc([C@H](O)CN3CC[C@H](NC(=O)c4ccc(Br)cc4)[C@@H](O)C3)c2n1. The van der Waals surface area contributed by atoms with Gasteiger partial charge in [-0.3, -0.25) is 14.7 Å². The highest BCUT2D eigenvalue weighted by molar-refractivity contribution is 9.10. The molecule has 1 saturated heterocycles. The first kappa shape index (κ1) is 22.6. The highest BCUT2D eigenvalue weighted by atomic mass is 79.9. The Labute approximate surface area is 194 Å². The monoisotopic (exact) mass is 500 g/mol. The summed E-state index contributed by atoms with van der Waals surface area (Å²) < 4.78 is 6.10. The Bertz CT molecular complexity index is 1100. The van der Waals surface area contributed by atoms with Crippen LogP contribution in [0.15, 0.2) is 53.1 Å². The Balaban J connectivity index is 1.38. The summed E-state index contributed by atoms with van der Waals surface area (Å²) in [6.45, 7) is 1.32. The minimum atomic E-state index is -0.804. The normalized spacial score (nSPS) is 20.1. The number of aliphatic hydroxyl groups excluding tert-OH is 2. The third-order valence-electron chi connectivity index (χ3n) is 5.68. The first-order chi connectivity index (χ1) is 15.4. The number of aliphatic hydroxyl groups is 2. The fraction of sp³-hybridized carbons (Fsp3) is 0.348. The van der Waals surface area contributed by atoms with E-state index in [4.69, 9.17) is 4.74 Å². The second-order valence-corrected chi connectivity index (χ2v) is 8.76. The number of piperidine rings is 1. The fourth-order valence-corrected chi connectivity index (χ4v) is 4.20. The van der Waals surface area contributed by atoms with Crippen LogP contribution in [0.5, 0.6) is 5.88 Å². The van der Waals surface area contributed by atoms with Gasteiger partial charge < -0.3 is 20.3 Å². The number of hydrogen-bond donors (Lipinski definition) is 3. The number of methoxy groups -OCH3 is 1. The van der Waals surface area contributed by atoms with Crippen LogP contribution in [0.4, 0.5) is 0 Å². The van der Waals surface area contributed by atoms with Crippen molar-refractivity contribution in [2.24, 2.45) is 0 Å². The number of carbonyl (C=O) groups is 1. The van der Waals surface area contributed by atoms with E-state index in [2.05, 4.69) is 31.2 Å². The molecule has 2 aromatic heterocycles. The molecule has 3 heterocycles. The minimum absolute atomic E-state index is 0.210. The molecule has 0 spiro atoms. The molecule has 4 rings (SSSR count). The van der Waals surface area contributed by atoms with Crippen LogP contribution >= 0.6 is 15.9 Å². The smallest absolute Gasteiger partial charge is 0.251 e. The van der Waals surface area contributed by atoms with Gasteiger partial charge in [-0.15, -0.1) is 0 Å². The van der Waals surface area contributed by atoms with Gasteiger partial charge in [-0.25, -0.2) is 4.98 Å². The lowest BCUT2D eigenvalue weighted by Gasteiger charge is -2.37. The second-order valence-electron chi connectivity index (χ2n) is 7.84. The number of nitrogens with zero attached hydrogens (tertiary/aromatic N) is 3. The van der Waals surface area contributed by atoms with Crippen molar-refractivity contribution >= 4 is 32.9 Å². The summed E-state index contributed by atoms with van der Waals surface area (Å²) in [6, 6.07) is 12.0. The number of hydrogen-bond acceptors (Lipinski definition) is 7. The lowest BCUT2D eigenvalue weighted by atomic mass is 10.00. The molecule has 1 fully saturated rings. The maximum absolute atomic E-state index is 12.5. The van der Waals surface area contributed by atoms with Gasteiger partial charge in [0.25, 0.3) is 5.91 Å². The molecule has 1 amide bonds. The van der Waals surface area contributed by atoms with Crippen molar-refractivity contribution in [2.45, 2.75) is 24.7 Å². The molecule has 0 radical (unpaired) electrons. The van der Waals surface area contributed by atoms with Crippen molar-refractivity contribution in [3.63, 3.8) is 0 Å². The molecule has 168 valence electrons. The molecule has 8 nitrogen and oxygen atoms in total. The fourth-order valence-electron chi connectivity index (χ4n) is 3.94. The number of benzene rings is 1. The number of carbonyl (C=O) groups excluding carboxylic acids is 1. The number of halogens is 1. The Morgan fingerprint density at radius 2 is 2.06 bits per heavy atom. The summed E-state index contributed by atoms with van der Waals surface area (Å²) in [4.78, 5) is 23.2. The van der Waals surface area contributed by atoms with Gasteiger partial charge in [0.2, 0.25) is 5.88 Å². The number of amides is 1. The van der Waals surface area contributed by atoms with Gasteiger partial charge in [-0.2, -0.15) is 0 Å². The number of nitrogens with one attached hydrogen (secondary N) is 1. The van der Waals surface area contributed by atoms with Gasteiger partial charge in [0.1, 0.15) is 0 Å². The maximum Gasteiger partial charge on any atom is 0.251 e. The summed E-state index contributed by atoms with van der Waals surface area (Å²) in [7, 11) is 1.54. The molecule has 9 heteroatoms. The van der Waals surface area contributed by atoms with E-state index in [9.17, 15) is 15.0 Å². The van der Waals surface area contributed by atoms with Crippen LogP contribution in [0.25, 0.3) is 11.0 Å². The lowest BCUT2D eigenvalue weighted by molar-refractivity contribution is 0.0177. The van der Waals surface area contributed by atoms with E-state index in [-0.39, 0.29) is 11.9 Å². The predicted octanol–water partition coefficient (Wildman–Crippen LogP) is 2.30. The summed E-state index contributed by atoms with van der Waals surface area (Å²) in [5, 5.41) is 24.4. The van der Waals surface area contributed by atoms with E-state index in [1.165, 1.54) is 0 Å². The van der Waals surface area contributed by atoms with E-state index < -0.39 is 12.2 Å². The molecule has 1 aliphatic rings. The predicted molar refractivity (Wildman–Crippen MR) is 124 cm³/mol. The Kier molecular flexibility index (Phi) is 7.00. The number of fused-ring (bicyclic) bond motifs is 1. The summed E-state index contributed by atoms with van der Waals surface area (Å²) in [5.74, 6) is 0.245. The van der Waals surface area contributed by atoms with Crippen molar-refractivity contribution in [3.05, 3.63) is 64.3 Å². The number of likely N-dealkylation sites (tertiary alicyclic amines) is 1. The standard InChI is InChI=1S/C23H25BrN4O4/c1-32-21-7-6-18-22(27-21)16(8-10-25-18)19(29)12-28-11-9-17(20(30)13-28)26-23(31)14-2-4-15(24)5-3-14/h2-8,10,17,19-20,29-30H,9,11-13H2,1H3,(H,26,31)/t17-,19+,20-/m0/s1. The van der Waals surface area contributed by atoms with E-state index >= 15 is 0 Å². The highest BCUT2D eigenvalue weighted by Gasteiger charge is 2.30. The molecule has 0 bridgehead atoms. The zero-order chi connectivity index (χ0) is 22.7. The van der Waals surface area contributed by atoms with Crippen molar-refractivity contribution in [1.29, 1.82) is 0 Å². The first-order valence-electron chi connectivity index (χ1n) is 10.4. The third-order valence-corrected chi connectivity index (χ3v) is 6.21. The average molecular weight is 501 g/mol. The molecule has 0 aliphatic carbocycles. The molecular formula is C23H25BrN4O4. The molecule has 3 N–H and O–H groups in total. The van der Waals surface area contributed by atoms with Gasteiger partial charge >= 0.3 is 0 Å². The molecule has 3 aromatic rings. The van der Waals surface area contributed by atoms with Crippen LogP contribution in [-0.2, 0) is 0 Å². The van der Waals surface area contributed by atoms with Gasteiger partial charge in [-0.05, 0) is 42.8 Å². The van der Waals surface area contributed by atoms with E-state index in [0.717, 1.165) is 4.47 Å². The van der Waals surface area contributed by atoms with Crippen molar-refractivity contribution in [2.75, 3.05) is 26.7 Å². The molecule has 1 aromatic carbocycles. The molecule has 1 aliphatic heterocycles. The molecular weight excluding hydrogens is 476 g/mol. The highest BCUT2D eigenvalue weighted by Crippen LogP contribution is 2.25. The molecule has 0 saturated carbocycles. The summed E-state index contributed by atoms with van der Waals surface area (Å²) >= 11 is 3.35. The average Bonchev–Trinajstić information content (AvgIpc) is 2.80. The van der Waals surface area contributed by atoms with Crippen LogP contribution in [0.2, 0.25) is 0 Å². The van der Waals surface area contributed by atoms with Crippen LogP contribution in [0, 0.1) is 0 Å². The Hall–Kier alpha value is -2.59. The maximum atomic E-state index is 12.5. The summed E-state index contributed by atoms with van der Waals surface area (Å²) in [6.07, 6.45) is 0.691. The zero-order valence-electron chi connectivity index (χ0n) is 17.6. The number of β-amino-alcohol motifs (C(OH)–C–C–N with tert-alkyl or cyclic N) is 2. The van der Waals surface area contributed by atoms with Gasteiger partial charge in [0, 0.05) is 47.5 Å². The van der Waals surface area contributed by atoms with Crippen molar-refractivity contribution in [1.82, 2.24) is 20.2 Å². The second kappa shape index (κ2) is 9.91. The quantitative estimate of drug-likeness (QED) is 0.476. The minimum Gasteiger partial charge on any atom is -0.481 e. The van der Waals surface area contributed by atoms with Crippen molar-refractivity contribution < 1.29 is 19.7 Å². The summed E-state index contributed by atoms with van der Waals surface area (Å²) in [5.41, 5.74) is 2.48. The Morgan fingerprint density at radius 1 is 1.28 bits per heavy atom. The van der Waals surface area contributed by atoms with Crippen LogP contribution in [0.3, 0.4) is 0 Å². The number of ether oxygens (including phenoxy) is 1.